The van der Waals surface area contributed by atoms with Gasteiger partial charge in [-0.1, -0.05) is 43.7 Å². The van der Waals surface area contributed by atoms with Crippen LogP contribution < -0.4 is 0 Å². The fourth-order valence-electron chi connectivity index (χ4n) is 2.31. The van der Waals surface area contributed by atoms with Gasteiger partial charge in [0.05, 0.1) is 16.8 Å². The molecule has 0 spiro atoms. The van der Waals surface area contributed by atoms with Crippen molar-refractivity contribution in [3.8, 4) is 0 Å². The average molecular weight is 292 g/mol. The number of carboxylic acids is 1. The highest BCUT2D eigenvalue weighted by molar-refractivity contribution is 7.99. The first-order valence-electron chi connectivity index (χ1n) is 6.95. The summed E-state index contributed by atoms with van der Waals surface area (Å²) >= 11 is 1.29. The number of carboxylic acid groups (broad SMARTS) is 1. The predicted octanol–water partition coefficient (Wildman–Crippen LogP) is 3.96. The van der Waals surface area contributed by atoms with Gasteiger partial charge in [-0.2, -0.15) is 0 Å². The van der Waals surface area contributed by atoms with Gasteiger partial charge in [-0.25, -0.2) is 4.98 Å². The van der Waals surface area contributed by atoms with Crippen LogP contribution in [-0.2, 0) is 4.79 Å². The summed E-state index contributed by atoms with van der Waals surface area (Å²) in [5.74, 6) is -0.765. The minimum atomic E-state index is -0.810. The van der Waals surface area contributed by atoms with E-state index in [1.54, 1.807) is 0 Å². The van der Waals surface area contributed by atoms with E-state index in [0.29, 0.717) is 6.04 Å². The molecule has 4 nitrogen and oxygen atoms in total. The van der Waals surface area contributed by atoms with E-state index in [2.05, 4.69) is 29.5 Å². The number of benzene rings is 1. The lowest BCUT2D eigenvalue weighted by Gasteiger charge is -2.16. The van der Waals surface area contributed by atoms with Crippen LogP contribution in [0.15, 0.2) is 29.4 Å². The van der Waals surface area contributed by atoms with Gasteiger partial charge in [0.1, 0.15) is 0 Å². The van der Waals surface area contributed by atoms with Gasteiger partial charge in [0.25, 0.3) is 0 Å². The monoisotopic (exact) mass is 292 g/mol. The minimum Gasteiger partial charge on any atom is -0.481 e. The van der Waals surface area contributed by atoms with Gasteiger partial charge >= 0.3 is 5.97 Å². The molecule has 0 aliphatic rings. The van der Waals surface area contributed by atoms with Crippen molar-refractivity contribution in [1.29, 1.82) is 0 Å². The Balaban J connectivity index is 2.36. The van der Waals surface area contributed by atoms with Crippen LogP contribution in [0.1, 0.15) is 39.2 Å². The van der Waals surface area contributed by atoms with Gasteiger partial charge in [-0.3, -0.25) is 4.79 Å². The summed E-state index contributed by atoms with van der Waals surface area (Å²) in [5.41, 5.74) is 2.02. The zero-order valence-corrected chi connectivity index (χ0v) is 12.7. The Kier molecular flexibility index (Phi) is 5.06. The molecule has 0 bridgehead atoms. The van der Waals surface area contributed by atoms with Gasteiger partial charge in [0.15, 0.2) is 5.16 Å². The van der Waals surface area contributed by atoms with Gasteiger partial charge < -0.3 is 9.67 Å². The number of rotatable bonds is 7. The molecule has 1 heterocycles. The van der Waals surface area contributed by atoms with E-state index >= 15 is 0 Å². The number of para-hydroxylation sites is 2. The summed E-state index contributed by atoms with van der Waals surface area (Å²) in [5, 5.41) is 9.67. The lowest BCUT2D eigenvalue weighted by Crippen LogP contribution is -2.08. The Labute approximate surface area is 123 Å². The molecule has 20 heavy (non-hydrogen) atoms. The predicted molar refractivity (Wildman–Crippen MR) is 82.3 cm³/mol. The first-order chi connectivity index (χ1) is 9.63. The second-order valence-electron chi connectivity index (χ2n) is 4.93. The molecule has 1 aromatic carbocycles. The number of aliphatic carboxylic acids is 1. The summed E-state index contributed by atoms with van der Waals surface area (Å²) in [4.78, 5) is 15.4. The maximum absolute atomic E-state index is 10.8. The SMILES string of the molecule is CCCCC(C)n1c(SCC(=O)O)nc2ccccc21. The smallest absolute Gasteiger partial charge is 0.313 e. The molecule has 1 unspecified atom stereocenters. The standard InChI is InChI=1S/C15H20N2O2S/c1-3-4-7-11(2)17-13-9-6-5-8-12(13)16-15(17)20-10-14(18)19/h5-6,8-9,11H,3-4,7,10H2,1-2H3,(H,18,19). The lowest BCUT2D eigenvalue weighted by atomic mass is 10.1. The van der Waals surface area contributed by atoms with Crippen LogP contribution in [0.25, 0.3) is 11.0 Å². The van der Waals surface area contributed by atoms with Crippen LogP contribution in [0.5, 0.6) is 0 Å². The molecular formula is C15H20N2O2S. The number of fused-ring (bicyclic) bond motifs is 1. The topological polar surface area (TPSA) is 55.1 Å². The van der Waals surface area contributed by atoms with E-state index in [1.165, 1.54) is 11.8 Å². The van der Waals surface area contributed by atoms with Gasteiger partial charge in [-0.15, -0.1) is 0 Å². The van der Waals surface area contributed by atoms with Gasteiger partial charge in [0.2, 0.25) is 0 Å². The van der Waals surface area contributed by atoms with Crippen molar-refractivity contribution in [3.05, 3.63) is 24.3 Å². The molecule has 0 aliphatic carbocycles. The van der Waals surface area contributed by atoms with Crippen molar-refractivity contribution in [1.82, 2.24) is 9.55 Å². The van der Waals surface area contributed by atoms with Crippen LogP contribution in [0.3, 0.4) is 0 Å². The Bertz CT molecular complexity index is 595. The fraction of sp³-hybridized carbons (Fsp3) is 0.467. The summed E-state index contributed by atoms with van der Waals surface area (Å²) in [6.45, 7) is 4.35. The molecule has 1 aromatic heterocycles. The molecule has 5 heteroatoms. The highest BCUT2D eigenvalue weighted by Crippen LogP contribution is 2.29. The normalized spacial score (nSPS) is 12.7. The second kappa shape index (κ2) is 6.79. The van der Waals surface area contributed by atoms with E-state index in [-0.39, 0.29) is 5.75 Å². The van der Waals surface area contributed by atoms with Crippen molar-refractivity contribution >= 4 is 28.8 Å². The number of unbranched alkanes of at least 4 members (excludes halogenated alkanes) is 1. The molecule has 2 rings (SSSR count). The van der Waals surface area contributed by atoms with Crippen molar-refractivity contribution in [3.63, 3.8) is 0 Å². The van der Waals surface area contributed by atoms with Crippen molar-refractivity contribution in [2.75, 3.05) is 5.75 Å². The molecule has 0 saturated heterocycles. The third kappa shape index (κ3) is 3.33. The maximum atomic E-state index is 10.8. The highest BCUT2D eigenvalue weighted by atomic mass is 32.2. The van der Waals surface area contributed by atoms with Crippen LogP contribution >= 0.6 is 11.8 Å². The Morgan fingerprint density at radius 1 is 1.45 bits per heavy atom. The molecule has 0 radical (unpaired) electrons. The molecular weight excluding hydrogens is 272 g/mol. The van der Waals surface area contributed by atoms with E-state index < -0.39 is 5.97 Å². The molecule has 108 valence electrons. The number of thioether (sulfide) groups is 1. The van der Waals surface area contributed by atoms with Gasteiger partial charge in [-0.05, 0) is 25.5 Å². The summed E-state index contributed by atoms with van der Waals surface area (Å²) in [7, 11) is 0. The first kappa shape index (κ1) is 14.9. The number of carbonyl (C=O) groups is 1. The Morgan fingerprint density at radius 3 is 2.90 bits per heavy atom. The molecule has 0 fully saturated rings. The molecule has 0 amide bonds. The maximum Gasteiger partial charge on any atom is 0.313 e. The third-order valence-corrected chi connectivity index (χ3v) is 4.24. The average Bonchev–Trinajstić information content (AvgIpc) is 2.81. The van der Waals surface area contributed by atoms with E-state index in [9.17, 15) is 4.79 Å². The number of aromatic nitrogens is 2. The second-order valence-corrected chi connectivity index (χ2v) is 5.87. The largest absolute Gasteiger partial charge is 0.481 e. The highest BCUT2D eigenvalue weighted by Gasteiger charge is 2.16. The minimum absolute atomic E-state index is 0.0455. The summed E-state index contributed by atoms with van der Waals surface area (Å²) in [6.07, 6.45) is 3.41. The van der Waals surface area contributed by atoms with Crippen molar-refractivity contribution in [2.24, 2.45) is 0 Å². The molecule has 0 saturated carbocycles. The van der Waals surface area contributed by atoms with Crippen LogP contribution in [0, 0.1) is 0 Å². The number of hydrogen-bond acceptors (Lipinski definition) is 3. The third-order valence-electron chi connectivity index (χ3n) is 3.30. The number of nitrogens with zero attached hydrogens (tertiary/aromatic N) is 2. The Hall–Kier alpha value is -1.49. The zero-order chi connectivity index (χ0) is 14.5. The summed E-state index contributed by atoms with van der Waals surface area (Å²) < 4.78 is 2.18. The van der Waals surface area contributed by atoms with Gasteiger partial charge in [0, 0.05) is 6.04 Å². The first-order valence-corrected chi connectivity index (χ1v) is 7.93. The summed E-state index contributed by atoms with van der Waals surface area (Å²) in [6, 6.07) is 8.32. The quantitative estimate of drug-likeness (QED) is 0.785. The zero-order valence-electron chi connectivity index (χ0n) is 11.9. The number of imidazole rings is 1. The molecule has 1 atom stereocenters. The van der Waals surface area contributed by atoms with E-state index in [0.717, 1.165) is 35.5 Å². The molecule has 1 N–H and O–H groups in total. The molecule has 2 aromatic rings. The number of hydrogen-bond donors (Lipinski definition) is 1. The van der Waals surface area contributed by atoms with Crippen LogP contribution in [0.4, 0.5) is 0 Å². The van der Waals surface area contributed by atoms with Crippen molar-refractivity contribution < 1.29 is 9.90 Å². The van der Waals surface area contributed by atoms with E-state index in [4.69, 9.17) is 5.11 Å². The lowest BCUT2D eigenvalue weighted by molar-refractivity contribution is -0.133. The van der Waals surface area contributed by atoms with E-state index in [1.807, 2.05) is 18.2 Å². The van der Waals surface area contributed by atoms with Crippen molar-refractivity contribution in [2.45, 2.75) is 44.3 Å². The fourth-order valence-corrected chi connectivity index (χ4v) is 3.14. The molecule has 0 aliphatic heterocycles. The van der Waals surface area contributed by atoms with Crippen LogP contribution in [-0.4, -0.2) is 26.4 Å². The van der Waals surface area contributed by atoms with Crippen LogP contribution in [0.2, 0.25) is 0 Å². The Morgan fingerprint density at radius 2 is 2.20 bits per heavy atom.